The highest BCUT2D eigenvalue weighted by Crippen LogP contribution is 2.17. The van der Waals surface area contributed by atoms with Gasteiger partial charge < -0.3 is 20.1 Å². The molecule has 5 heteroatoms. The maximum atomic E-state index is 11.7. The van der Waals surface area contributed by atoms with E-state index in [2.05, 4.69) is 10.6 Å². The van der Waals surface area contributed by atoms with Crippen LogP contribution in [0.15, 0.2) is 0 Å². The van der Waals surface area contributed by atoms with Crippen LogP contribution in [0.5, 0.6) is 0 Å². The lowest BCUT2D eigenvalue weighted by atomic mass is 9.96. The first kappa shape index (κ1) is 15.6. The highest BCUT2D eigenvalue weighted by Gasteiger charge is 2.16. The van der Waals surface area contributed by atoms with Gasteiger partial charge >= 0.3 is 6.03 Å². The van der Waals surface area contributed by atoms with E-state index < -0.39 is 0 Å². The zero-order chi connectivity index (χ0) is 14.0. The van der Waals surface area contributed by atoms with Gasteiger partial charge in [0.1, 0.15) is 0 Å². The number of carbonyl (C=O) groups excluding carboxylic acids is 1. The molecular formula is C15H28N2O3. The molecule has 1 aliphatic heterocycles. The third kappa shape index (κ3) is 6.09. The first-order valence-electron chi connectivity index (χ1n) is 8.08. The Morgan fingerprint density at radius 1 is 1.15 bits per heavy atom. The lowest BCUT2D eigenvalue weighted by molar-refractivity contribution is 0.0167. The Bertz CT molecular complexity index is 274. The van der Waals surface area contributed by atoms with Crippen molar-refractivity contribution in [3.63, 3.8) is 0 Å². The molecule has 5 nitrogen and oxygen atoms in total. The van der Waals surface area contributed by atoms with Gasteiger partial charge in [0.05, 0.1) is 12.7 Å². The van der Waals surface area contributed by atoms with Gasteiger partial charge in [0, 0.05) is 25.8 Å². The minimum absolute atomic E-state index is 0.0315. The molecule has 116 valence electrons. The van der Waals surface area contributed by atoms with Crippen molar-refractivity contribution >= 4 is 6.03 Å². The summed E-state index contributed by atoms with van der Waals surface area (Å²) in [6.07, 6.45) is 9.43. The van der Waals surface area contributed by atoms with Gasteiger partial charge in [-0.05, 0) is 32.1 Å². The van der Waals surface area contributed by atoms with Gasteiger partial charge in [0.15, 0.2) is 0 Å². The van der Waals surface area contributed by atoms with Crippen molar-refractivity contribution in [2.75, 3.05) is 26.4 Å². The van der Waals surface area contributed by atoms with E-state index in [-0.39, 0.29) is 12.1 Å². The Hall–Kier alpha value is -0.810. The van der Waals surface area contributed by atoms with E-state index in [0.29, 0.717) is 25.8 Å². The molecule has 1 saturated heterocycles. The van der Waals surface area contributed by atoms with Gasteiger partial charge in [-0.15, -0.1) is 0 Å². The van der Waals surface area contributed by atoms with E-state index in [1.54, 1.807) is 0 Å². The molecule has 0 spiro atoms. The minimum atomic E-state index is -0.0315. The summed E-state index contributed by atoms with van der Waals surface area (Å²) in [5.41, 5.74) is 0. The van der Waals surface area contributed by atoms with Gasteiger partial charge in [-0.1, -0.05) is 19.3 Å². The van der Waals surface area contributed by atoms with E-state index in [0.717, 1.165) is 38.7 Å². The molecule has 2 rings (SSSR count). The number of amides is 2. The normalized spacial score (nSPS) is 23.7. The van der Waals surface area contributed by atoms with Gasteiger partial charge in [0.25, 0.3) is 0 Å². The predicted molar refractivity (Wildman–Crippen MR) is 77.8 cm³/mol. The van der Waals surface area contributed by atoms with E-state index in [1.165, 1.54) is 19.3 Å². The van der Waals surface area contributed by atoms with Crippen LogP contribution in [0, 0.1) is 0 Å². The van der Waals surface area contributed by atoms with Crippen molar-refractivity contribution in [2.24, 2.45) is 0 Å². The fourth-order valence-corrected chi connectivity index (χ4v) is 2.85. The summed E-state index contributed by atoms with van der Waals surface area (Å²) in [4.78, 5) is 11.7. The summed E-state index contributed by atoms with van der Waals surface area (Å²) in [6.45, 7) is 2.92. The Morgan fingerprint density at radius 2 is 2.00 bits per heavy atom. The Balaban J connectivity index is 1.40. The van der Waals surface area contributed by atoms with E-state index in [4.69, 9.17) is 9.47 Å². The summed E-state index contributed by atoms with van der Waals surface area (Å²) in [6, 6.07) is 0.343. The van der Waals surface area contributed by atoms with Crippen molar-refractivity contribution in [2.45, 2.75) is 63.5 Å². The number of ether oxygens (including phenoxy) is 2. The molecule has 0 aromatic heterocycles. The van der Waals surface area contributed by atoms with Crippen LogP contribution in [0.2, 0.25) is 0 Å². The Labute approximate surface area is 121 Å². The molecule has 1 atom stereocenters. The average Bonchev–Trinajstić information content (AvgIpc) is 2.97. The quantitative estimate of drug-likeness (QED) is 0.705. The molecule has 0 radical (unpaired) electrons. The van der Waals surface area contributed by atoms with E-state index in [9.17, 15) is 4.79 Å². The number of urea groups is 1. The molecule has 2 aliphatic rings. The van der Waals surface area contributed by atoms with E-state index >= 15 is 0 Å². The van der Waals surface area contributed by atoms with Crippen LogP contribution in [-0.4, -0.2) is 44.5 Å². The fourth-order valence-electron chi connectivity index (χ4n) is 2.85. The third-order valence-corrected chi connectivity index (χ3v) is 4.02. The van der Waals surface area contributed by atoms with Crippen LogP contribution in [-0.2, 0) is 9.47 Å². The second-order valence-corrected chi connectivity index (χ2v) is 5.80. The maximum absolute atomic E-state index is 11.7. The molecular weight excluding hydrogens is 256 g/mol. The second kappa shape index (κ2) is 9.19. The van der Waals surface area contributed by atoms with Crippen LogP contribution >= 0.6 is 0 Å². The minimum Gasteiger partial charge on any atom is -0.379 e. The van der Waals surface area contributed by atoms with Crippen LogP contribution in [0.3, 0.4) is 0 Å². The number of hydrogen-bond acceptors (Lipinski definition) is 3. The van der Waals surface area contributed by atoms with Crippen LogP contribution in [0.4, 0.5) is 4.79 Å². The summed E-state index contributed by atoms with van der Waals surface area (Å²) in [5.74, 6) is 0. The number of hydrogen-bond donors (Lipinski definition) is 2. The van der Waals surface area contributed by atoms with Gasteiger partial charge in [0.2, 0.25) is 0 Å². The number of carbonyl (C=O) groups is 1. The molecule has 0 aromatic rings. The van der Waals surface area contributed by atoms with Crippen LogP contribution < -0.4 is 10.6 Å². The topological polar surface area (TPSA) is 59.6 Å². The molecule has 20 heavy (non-hydrogen) atoms. The van der Waals surface area contributed by atoms with E-state index in [1.807, 2.05) is 0 Å². The van der Waals surface area contributed by atoms with Crippen molar-refractivity contribution in [3.05, 3.63) is 0 Å². The molecule has 1 saturated carbocycles. The smallest absolute Gasteiger partial charge is 0.315 e. The molecule has 1 aliphatic carbocycles. The molecule has 2 fully saturated rings. The van der Waals surface area contributed by atoms with Crippen molar-refractivity contribution in [1.29, 1.82) is 0 Å². The highest BCUT2D eigenvalue weighted by atomic mass is 16.5. The summed E-state index contributed by atoms with van der Waals surface area (Å²) >= 11 is 0. The van der Waals surface area contributed by atoms with Crippen molar-refractivity contribution < 1.29 is 14.3 Å². The molecule has 0 bridgehead atoms. The first-order valence-corrected chi connectivity index (χ1v) is 8.08. The molecule has 1 unspecified atom stereocenters. The Morgan fingerprint density at radius 3 is 2.75 bits per heavy atom. The highest BCUT2D eigenvalue weighted by molar-refractivity contribution is 5.74. The molecule has 2 N–H and O–H groups in total. The van der Waals surface area contributed by atoms with Gasteiger partial charge in [-0.3, -0.25) is 0 Å². The average molecular weight is 284 g/mol. The largest absolute Gasteiger partial charge is 0.379 e. The van der Waals surface area contributed by atoms with Gasteiger partial charge in [-0.25, -0.2) is 4.79 Å². The maximum Gasteiger partial charge on any atom is 0.315 e. The molecule has 1 heterocycles. The Kier molecular flexibility index (Phi) is 7.15. The zero-order valence-electron chi connectivity index (χ0n) is 12.4. The summed E-state index contributed by atoms with van der Waals surface area (Å²) in [5, 5.41) is 5.94. The summed E-state index contributed by atoms with van der Waals surface area (Å²) < 4.78 is 11.0. The van der Waals surface area contributed by atoms with Crippen molar-refractivity contribution in [1.82, 2.24) is 10.6 Å². The lowest BCUT2D eigenvalue weighted by Crippen LogP contribution is -2.43. The predicted octanol–water partition coefficient (Wildman–Crippen LogP) is 2.20. The standard InChI is InChI=1S/C15H28N2O3/c18-15(17-13-6-2-1-3-7-13)16-9-5-10-19-12-14-8-4-11-20-14/h13-14H,1-12H2,(H2,16,17,18). The lowest BCUT2D eigenvalue weighted by Gasteiger charge is -2.22. The van der Waals surface area contributed by atoms with Crippen LogP contribution in [0.25, 0.3) is 0 Å². The molecule has 2 amide bonds. The molecule has 0 aromatic carbocycles. The zero-order valence-corrected chi connectivity index (χ0v) is 12.4. The fraction of sp³-hybridized carbons (Fsp3) is 0.933. The summed E-state index contributed by atoms with van der Waals surface area (Å²) in [7, 11) is 0. The first-order chi connectivity index (χ1) is 9.84. The third-order valence-electron chi connectivity index (χ3n) is 4.02. The second-order valence-electron chi connectivity index (χ2n) is 5.80. The van der Waals surface area contributed by atoms with Crippen LogP contribution in [0.1, 0.15) is 51.4 Å². The SMILES string of the molecule is O=C(NCCCOCC1CCCO1)NC1CCCCC1. The van der Waals surface area contributed by atoms with Gasteiger partial charge in [-0.2, -0.15) is 0 Å². The van der Waals surface area contributed by atoms with Crippen molar-refractivity contribution in [3.8, 4) is 0 Å². The monoisotopic (exact) mass is 284 g/mol. The number of nitrogens with one attached hydrogen (secondary N) is 2. The number of rotatable bonds is 7.